The summed E-state index contributed by atoms with van der Waals surface area (Å²) in [7, 11) is 0. The number of nitrogens with zero attached hydrogens (tertiary/aromatic N) is 1. The van der Waals surface area contributed by atoms with Gasteiger partial charge in [0.2, 0.25) is 5.91 Å². The van der Waals surface area contributed by atoms with Gasteiger partial charge < -0.3 is 10.6 Å². The first-order valence-corrected chi connectivity index (χ1v) is 9.81. The lowest BCUT2D eigenvalue weighted by Crippen LogP contribution is -2.32. The van der Waals surface area contributed by atoms with Crippen LogP contribution in [0.5, 0.6) is 0 Å². The Morgan fingerprint density at radius 3 is 2.65 bits per heavy atom. The molecule has 0 radical (unpaired) electrons. The van der Waals surface area contributed by atoms with E-state index in [4.69, 9.17) is 0 Å². The SMILES string of the molecule is Cc1cccc(NC(=O)CNC(=O)c2sc(-c3cccs3)nc2C)c1C. The van der Waals surface area contributed by atoms with Crippen molar-refractivity contribution >= 4 is 40.2 Å². The molecule has 134 valence electrons. The number of nitrogens with one attached hydrogen (secondary N) is 2. The molecule has 2 aromatic heterocycles. The van der Waals surface area contributed by atoms with Crippen LogP contribution in [0.4, 0.5) is 5.69 Å². The van der Waals surface area contributed by atoms with Gasteiger partial charge in [-0.05, 0) is 49.4 Å². The molecule has 0 atom stereocenters. The minimum Gasteiger partial charge on any atom is -0.342 e. The maximum absolute atomic E-state index is 12.4. The second kappa shape index (κ2) is 7.80. The van der Waals surface area contributed by atoms with Gasteiger partial charge in [0, 0.05) is 5.69 Å². The van der Waals surface area contributed by atoms with Crippen molar-refractivity contribution < 1.29 is 9.59 Å². The Morgan fingerprint density at radius 2 is 1.92 bits per heavy atom. The van der Waals surface area contributed by atoms with E-state index >= 15 is 0 Å². The summed E-state index contributed by atoms with van der Waals surface area (Å²) in [5.41, 5.74) is 3.56. The Bertz CT molecular complexity index is 946. The summed E-state index contributed by atoms with van der Waals surface area (Å²) in [6.45, 7) is 5.66. The summed E-state index contributed by atoms with van der Waals surface area (Å²) < 4.78 is 0. The molecule has 0 aliphatic rings. The number of thiazole rings is 1. The minimum atomic E-state index is -0.279. The molecule has 0 spiro atoms. The van der Waals surface area contributed by atoms with E-state index < -0.39 is 0 Å². The average molecular weight is 386 g/mol. The van der Waals surface area contributed by atoms with Crippen molar-refractivity contribution in [2.24, 2.45) is 0 Å². The summed E-state index contributed by atoms with van der Waals surface area (Å²) in [5.74, 6) is -0.536. The molecule has 2 N–H and O–H groups in total. The maximum Gasteiger partial charge on any atom is 0.263 e. The molecule has 5 nitrogen and oxygen atoms in total. The molecular formula is C19H19N3O2S2. The monoisotopic (exact) mass is 385 g/mol. The van der Waals surface area contributed by atoms with Gasteiger partial charge in [-0.3, -0.25) is 9.59 Å². The largest absolute Gasteiger partial charge is 0.342 e. The van der Waals surface area contributed by atoms with Crippen molar-refractivity contribution in [1.29, 1.82) is 0 Å². The van der Waals surface area contributed by atoms with E-state index in [1.54, 1.807) is 18.3 Å². The molecule has 0 saturated heterocycles. The highest BCUT2D eigenvalue weighted by molar-refractivity contribution is 7.22. The van der Waals surface area contributed by atoms with Crippen molar-refractivity contribution in [2.45, 2.75) is 20.8 Å². The van der Waals surface area contributed by atoms with Crippen LogP contribution in [0.25, 0.3) is 9.88 Å². The van der Waals surface area contributed by atoms with Crippen molar-refractivity contribution in [2.75, 3.05) is 11.9 Å². The number of rotatable bonds is 5. The predicted molar refractivity (Wildman–Crippen MR) is 107 cm³/mol. The molecule has 0 saturated carbocycles. The zero-order valence-corrected chi connectivity index (χ0v) is 16.4. The van der Waals surface area contributed by atoms with Crippen LogP contribution in [0.3, 0.4) is 0 Å². The van der Waals surface area contributed by atoms with Gasteiger partial charge in [0.1, 0.15) is 9.88 Å². The van der Waals surface area contributed by atoms with Gasteiger partial charge in [-0.1, -0.05) is 18.2 Å². The lowest BCUT2D eigenvalue weighted by molar-refractivity contribution is -0.115. The van der Waals surface area contributed by atoms with Gasteiger partial charge in [-0.25, -0.2) is 4.98 Å². The lowest BCUT2D eigenvalue weighted by atomic mass is 10.1. The molecule has 26 heavy (non-hydrogen) atoms. The molecular weight excluding hydrogens is 366 g/mol. The fourth-order valence-electron chi connectivity index (χ4n) is 2.43. The Kier molecular flexibility index (Phi) is 5.49. The summed E-state index contributed by atoms with van der Waals surface area (Å²) in [5, 5.41) is 8.31. The zero-order valence-electron chi connectivity index (χ0n) is 14.8. The third-order valence-electron chi connectivity index (χ3n) is 4.02. The molecule has 3 rings (SSSR count). The number of aryl methyl sites for hydroxylation is 2. The number of thiophene rings is 1. The van der Waals surface area contributed by atoms with Crippen molar-refractivity contribution in [3.63, 3.8) is 0 Å². The fraction of sp³-hybridized carbons (Fsp3) is 0.211. The van der Waals surface area contributed by atoms with E-state index in [0.29, 0.717) is 10.6 Å². The number of aromatic nitrogens is 1. The van der Waals surface area contributed by atoms with Crippen LogP contribution < -0.4 is 10.6 Å². The van der Waals surface area contributed by atoms with Crippen LogP contribution in [-0.2, 0) is 4.79 Å². The predicted octanol–water partition coefficient (Wildman–Crippen LogP) is 4.17. The van der Waals surface area contributed by atoms with Crippen LogP contribution in [-0.4, -0.2) is 23.3 Å². The van der Waals surface area contributed by atoms with E-state index in [0.717, 1.165) is 26.7 Å². The van der Waals surface area contributed by atoms with E-state index in [1.807, 2.05) is 49.6 Å². The Morgan fingerprint density at radius 1 is 1.12 bits per heavy atom. The van der Waals surface area contributed by atoms with Gasteiger partial charge in [0.15, 0.2) is 0 Å². The van der Waals surface area contributed by atoms with Crippen molar-refractivity contribution in [3.8, 4) is 9.88 Å². The number of hydrogen-bond donors (Lipinski definition) is 2. The maximum atomic E-state index is 12.4. The third-order valence-corrected chi connectivity index (χ3v) is 6.22. The van der Waals surface area contributed by atoms with E-state index in [1.165, 1.54) is 11.3 Å². The highest BCUT2D eigenvalue weighted by Gasteiger charge is 2.17. The number of anilines is 1. The quantitative estimate of drug-likeness (QED) is 0.693. The number of carbonyl (C=O) groups is 2. The molecule has 0 bridgehead atoms. The van der Waals surface area contributed by atoms with Gasteiger partial charge in [-0.15, -0.1) is 22.7 Å². The van der Waals surface area contributed by atoms with E-state index in [-0.39, 0.29) is 18.4 Å². The Balaban J connectivity index is 1.62. The normalized spacial score (nSPS) is 10.6. The molecule has 0 fully saturated rings. The zero-order chi connectivity index (χ0) is 18.7. The van der Waals surface area contributed by atoms with Gasteiger partial charge in [-0.2, -0.15) is 0 Å². The van der Waals surface area contributed by atoms with Crippen LogP contribution in [0.1, 0.15) is 26.5 Å². The number of amides is 2. The number of benzene rings is 1. The summed E-state index contributed by atoms with van der Waals surface area (Å²) in [6, 6.07) is 9.66. The molecule has 1 aromatic carbocycles. The highest BCUT2D eigenvalue weighted by Crippen LogP contribution is 2.30. The summed E-state index contributed by atoms with van der Waals surface area (Å²) in [4.78, 5) is 30.6. The first kappa shape index (κ1) is 18.3. The fourth-order valence-corrected chi connectivity index (χ4v) is 4.21. The number of hydrogen-bond acceptors (Lipinski definition) is 5. The Hall–Kier alpha value is -2.51. The van der Waals surface area contributed by atoms with Crippen LogP contribution in [0, 0.1) is 20.8 Å². The second-order valence-electron chi connectivity index (χ2n) is 5.89. The van der Waals surface area contributed by atoms with Crippen LogP contribution >= 0.6 is 22.7 Å². The third kappa shape index (κ3) is 4.00. The number of carbonyl (C=O) groups excluding carboxylic acids is 2. The molecule has 3 aromatic rings. The topological polar surface area (TPSA) is 71.1 Å². The average Bonchev–Trinajstić information content (AvgIpc) is 3.26. The first-order chi connectivity index (χ1) is 12.5. The van der Waals surface area contributed by atoms with Gasteiger partial charge in [0.05, 0.1) is 17.1 Å². The second-order valence-corrected chi connectivity index (χ2v) is 7.84. The summed E-state index contributed by atoms with van der Waals surface area (Å²) >= 11 is 2.92. The molecule has 0 aliphatic carbocycles. The molecule has 0 aliphatic heterocycles. The van der Waals surface area contributed by atoms with E-state index in [9.17, 15) is 9.59 Å². The van der Waals surface area contributed by atoms with Crippen LogP contribution in [0.2, 0.25) is 0 Å². The molecule has 2 heterocycles. The molecule has 0 unspecified atom stereocenters. The molecule has 7 heteroatoms. The summed E-state index contributed by atoms with van der Waals surface area (Å²) in [6.07, 6.45) is 0. The highest BCUT2D eigenvalue weighted by atomic mass is 32.1. The Labute approximate surface area is 160 Å². The standard InChI is InChI=1S/C19H19N3O2S2/c1-11-6-4-7-14(12(11)2)22-16(23)10-20-18(24)17-13(3)21-19(26-17)15-8-5-9-25-15/h4-9H,10H2,1-3H3,(H,20,24)(H,22,23). The molecule has 2 amide bonds. The van der Waals surface area contributed by atoms with Crippen molar-refractivity contribution in [3.05, 3.63) is 57.4 Å². The lowest BCUT2D eigenvalue weighted by Gasteiger charge is -2.10. The van der Waals surface area contributed by atoms with Gasteiger partial charge >= 0.3 is 0 Å². The minimum absolute atomic E-state index is 0.0854. The van der Waals surface area contributed by atoms with Crippen LogP contribution in [0.15, 0.2) is 35.7 Å². The smallest absolute Gasteiger partial charge is 0.263 e. The van der Waals surface area contributed by atoms with Gasteiger partial charge in [0.25, 0.3) is 5.91 Å². The first-order valence-electron chi connectivity index (χ1n) is 8.11. The van der Waals surface area contributed by atoms with Crippen molar-refractivity contribution in [1.82, 2.24) is 10.3 Å². The van der Waals surface area contributed by atoms with E-state index in [2.05, 4.69) is 15.6 Å².